The average Bonchev–Trinajstić information content (AvgIpc) is 2.90. The standard InChI is InChI=1S/C26H33NO8/c1-30-14-15-32-23-12-13-27(26(29)34-19-20-6-4-3-5-7-20)24(18-23)21-8-10-22(11-9-21)25(28)33-16-17-35-31-2/h3-11,23-24H,12-19H2,1-2H3/t23-,24-/m0/s1. The second kappa shape index (κ2) is 14.4. The molecule has 0 unspecified atom stereocenters. The molecule has 0 bridgehead atoms. The Labute approximate surface area is 205 Å². The van der Waals surface area contributed by atoms with Crippen LogP contribution in [0.4, 0.5) is 4.79 Å². The van der Waals surface area contributed by atoms with Crippen LogP contribution in [0.2, 0.25) is 0 Å². The van der Waals surface area contributed by atoms with E-state index >= 15 is 0 Å². The predicted octanol–water partition coefficient (Wildman–Crippen LogP) is 3.93. The number of carbonyl (C=O) groups is 2. The van der Waals surface area contributed by atoms with Crippen molar-refractivity contribution in [1.82, 2.24) is 4.90 Å². The molecule has 9 nitrogen and oxygen atoms in total. The molecule has 2 atom stereocenters. The molecule has 1 aliphatic rings. The van der Waals surface area contributed by atoms with Crippen LogP contribution in [0.15, 0.2) is 54.6 Å². The topological polar surface area (TPSA) is 92.8 Å². The lowest BCUT2D eigenvalue weighted by Crippen LogP contribution is -2.43. The second-order valence-corrected chi connectivity index (χ2v) is 8.01. The first-order chi connectivity index (χ1) is 17.1. The van der Waals surface area contributed by atoms with Crippen molar-refractivity contribution < 1.29 is 38.3 Å². The molecular formula is C26H33NO8. The summed E-state index contributed by atoms with van der Waals surface area (Å²) >= 11 is 0. The highest BCUT2D eigenvalue weighted by atomic mass is 17.2. The van der Waals surface area contributed by atoms with Gasteiger partial charge in [-0.2, -0.15) is 0 Å². The van der Waals surface area contributed by atoms with Crippen molar-refractivity contribution in [3.8, 4) is 0 Å². The SMILES string of the molecule is COCCO[C@H]1CCN(C(=O)OCc2ccccc2)[C@H](c2ccc(C(=O)OCCOOC)cc2)C1. The third kappa shape index (κ3) is 8.32. The van der Waals surface area contributed by atoms with Crippen LogP contribution in [-0.2, 0) is 35.3 Å². The van der Waals surface area contributed by atoms with E-state index in [4.69, 9.17) is 23.8 Å². The summed E-state index contributed by atoms with van der Waals surface area (Å²) < 4.78 is 21.8. The van der Waals surface area contributed by atoms with E-state index in [9.17, 15) is 9.59 Å². The summed E-state index contributed by atoms with van der Waals surface area (Å²) in [5.74, 6) is -0.459. The van der Waals surface area contributed by atoms with Gasteiger partial charge in [-0.25, -0.2) is 19.4 Å². The summed E-state index contributed by atoms with van der Waals surface area (Å²) in [6.07, 6.45) is 0.922. The van der Waals surface area contributed by atoms with Gasteiger partial charge < -0.3 is 23.8 Å². The smallest absolute Gasteiger partial charge is 0.410 e. The van der Waals surface area contributed by atoms with Gasteiger partial charge in [0.2, 0.25) is 0 Å². The van der Waals surface area contributed by atoms with Crippen LogP contribution in [0, 0.1) is 0 Å². The molecule has 1 saturated heterocycles. The molecule has 0 aliphatic carbocycles. The average molecular weight is 488 g/mol. The number of amides is 1. The summed E-state index contributed by atoms with van der Waals surface area (Å²) in [5.41, 5.74) is 2.22. The van der Waals surface area contributed by atoms with Gasteiger partial charge in [0, 0.05) is 13.7 Å². The molecule has 3 rings (SSSR count). The molecule has 1 heterocycles. The van der Waals surface area contributed by atoms with Crippen LogP contribution in [0.25, 0.3) is 0 Å². The highest BCUT2D eigenvalue weighted by Crippen LogP contribution is 2.33. The molecule has 9 heteroatoms. The van der Waals surface area contributed by atoms with Crippen LogP contribution >= 0.6 is 0 Å². The maximum Gasteiger partial charge on any atom is 0.410 e. The molecular weight excluding hydrogens is 454 g/mol. The Morgan fingerprint density at radius 1 is 0.914 bits per heavy atom. The lowest BCUT2D eigenvalue weighted by molar-refractivity contribution is -0.275. The fourth-order valence-electron chi connectivity index (χ4n) is 3.90. The van der Waals surface area contributed by atoms with Crippen molar-refractivity contribution in [3.05, 3.63) is 71.3 Å². The predicted molar refractivity (Wildman–Crippen MR) is 127 cm³/mol. The first-order valence-corrected chi connectivity index (χ1v) is 11.6. The van der Waals surface area contributed by atoms with E-state index in [1.807, 2.05) is 42.5 Å². The van der Waals surface area contributed by atoms with Crippen molar-refractivity contribution in [2.45, 2.75) is 31.6 Å². The molecule has 0 radical (unpaired) electrons. The molecule has 1 amide bonds. The molecule has 2 aromatic rings. The number of rotatable bonds is 12. The monoisotopic (exact) mass is 487 g/mol. The third-order valence-electron chi connectivity index (χ3n) is 5.68. The van der Waals surface area contributed by atoms with E-state index in [1.165, 1.54) is 7.11 Å². The minimum Gasteiger partial charge on any atom is -0.460 e. The van der Waals surface area contributed by atoms with Gasteiger partial charge in [-0.3, -0.25) is 0 Å². The van der Waals surface area contributed by atoms with E-state index in [1.54, 1.807) is 24.1 Å². The minimum absolute atomic E-state index is 0.0150. The van der Waals surface area contributed by atoms with Crippen molar-refractivity contribution in [2.75, 3.05) is 47.2 Å². The lowest BCUT2D eigenvalue weighted by atomic mass is 9.93. The van der Waals surface area contributed by atoms with Gasteiger partial charge in [0.15, 0.2) is 0 Å². The number of hydrogen-bond donors (Lipinski definition) is 0. The number of piperidine rings is 1. The van der Waals surface area contributed by atoms with Gasteiger partial charge in [-0.15, -0.1) is 0 Å². The first kappa shape index (κ1) is 26.6. The molecule has 0 aromatic heterocycles. The number of ether oxygens (including phenoxy) is 4. The molecule has 1 aliphatic heterocycles. The highest BCUT2D eigenvalue weighted by Gasteiger charge is 2.34. The zero-order valence-electron chi connectivity index (χ0n) is 20.2. The van der Waals surface area contributed by atoms with Crippen molar-refractivity contribution in [1.29, 1.82) is 0 Å². The van der Waals surface area contributed by atoms with Gasteiger partial charge in [-0.05, 0) is 36.1 Å². The van der Waals surface area contributed by atoms with E-state index in [0.29, 0.717) is 38.2 Å². The summed E-state index contributed by atoms with van der Waals surface area (Å²) in [5, 5.41) is 0. The molecule has 0 N–H and O–H groups in total. The maximum absolute atomic E-state index is 13.0. The van der Waals surface area contributed by atoms with Crippen molar-refractivity contribution in [2.24, 2.45) is 0 Å². The number of esters is 1. The van der Waals surface area contributed by atoms with Crippen LogP contribution in [-0.4, -0.2) is 70.3 Å². The normalized spacial score (nSPS) is 17.7. The third-order valence-corrected chi connectivity index (χ3v) is 5.68. The first-order valence-electron chi connectivity index (χ1n) is 11.6. The van der Waals surface area contributed by atoms with Crippen molar-refractivity contribution in [3.63, 3.8) is 0 Å². The summed E-state index contributed by atoms with van der Waals surface area (Å²) in [6, 6.07) is 16.4. The van der Waals surface area contributed by atoms with Gasteiger partial charge in [0.25, 0.3) is 0 Å². The van der Waals surface area contributed by atoms with Gasteiger partial charge >= 0.3 is 12.1 Å². The van der Waals surface area contributed by atoms with E-state index in [2.05, 4.69) is 4.89 Å². The number of carbonyl (C=O) groups excluding carboxylic acids is 2. The quantitative estimate of drug-likeness (QED) is 0.192. The van der Waals surface area contributed by atoms with Gasteiger partial charge in [0.1, 0.15) is 19.8 Å². The number of benzene rings is 2. The minimum atomic E-state index is -0.459. The lowest BCUT2D eigenvalue weighted by Gasteiger charge is -2.39. The Hall–Kier alpha value is -2.98. The largest absolute Gasteiger partial charge is 0.460 e. The fourth-order valence-corrected chi connectivity index (χ4v) is 3.90. The molecule has 35 heavy (non-hydrogen) atoms. The Morgan fingerprint density at radius 3 is 2.40 bits per heavy atom. The summed E-state index contributed by atoms with van der Waals surface area (Å²) in [6.45, 7) is 1.93. The Morgan fingerprint density at radius 2 is 1.69 bits per heavy atom. The summed E-state index contributed by atoms with van der Waals surface area (Å²) in [4.78, 5) is 36.2. The van der Waals surface area contributed by atoms with Gasteiger partial charge in [-0.1, -0.05) is 42.5 Å². The Balaban J connectivity index is 1.67. The number of methoxy groups -OCH3 is 1. The van der Waals surface area contributed by atoms with E-state index in [-0.39, 0.29) is 38.1 Å². The number of nitrogens with zero attached hydrogens (tertiary/aromatic N) is 1. The van der Waals surface area contributed by atoms with Crippen LogP contribution in [0.1, 0.15) is 40.4 Å². The van der Waals surface area contributed by atoms with Crippen LogP contribution in [0.3, 0.4) is 0 Å². The van der Waals surface area contributed by atoms with Gasteiger partial charge in [0.05, 0.1) is 38.0 Å². The number of hydrogen-bond acceptors (Lipinski definition) is 8. The van der Waals surface area contributed by atoms with E-state index in [0.717, 1.165) is 11.1 Å². The maximum atomic E-state index is 13.0. The molecule has 0 saturated carbocycles. The highest BCUT2D eigenvalue weighted by molar-refractivity contribution is 5.89. The molecule has 1 fully saturated rings. The van der Waals surface area contributed by atoms with Crippen LogP contribution in [0.5, 0.6) is 0 Å². The van der Waals surface area contributed by atoms with Crippen molar-refractivity contribution >= 4 is 12.1 Å². The Kier molecular flexibility index (Phi) is 11.0. The fraction of sp³-hybridized carbons (Fsp3) is 0.462. The summed E-state index contributed by atoms with van der Waals surface area (Å²) in [7, 11) is 3.02. The zero-order chi connectivity index (χ0) is 24.9. The Bertz CT molecular complexity index is 905. The van der Waals surface area contributed by atoms with Crippen LogP contribution < -0.4 is 0 Å². The number of likely N-dealkylation sites (tertiary alicyclic amines) is 1. The second-order valence-electron chi connectivity index (χ2n) is 8.01. The van der Waals surface area contributed by atoms with E-state index < -0.39 is 5.97 Å². The zero-order valence-corrected chi connectivity index (χ0v) is 20.2. The molecule has 0 spiro atoms. The molecule has 190 valence electrons. The molecule has 2 aromatic carbocycles.